The fourth-order valence-electron chi connectivity index (χ4n) is 1.49. The van der Waals surface area contributed by atoms with Gasteiger partial charge in [0.1, 0.15) is 0 Å². The number of benzene rings is 1. The molecule has 0 aliphatic carbocycles. The minimum absolute atomic E-state index is 0.524. The zero-order valence-electron chi connectivity index (χ0n) is 9.89. The van der Waals surface area contributed by atoms with E-state index in [1.165, 1.54) is 16.8 Å². The van der Waals surface area contributed by atoms with Crippen molar-refractivity contribution in [2.24, 2.45) is 5.92 Å². The van der Waals surface area contributed by atoms with Gasteiger partial charge in [0.05, 0.1) is 0 Å². The van der Waals surface area contributed by atoms with E-state index in [2.05, 4.69) is 58.1 Å². The molecule has 0 aliphatic heterocycles. The standard InChI is InChI=1S/C13H21N/c1-9(2)12(5)14-13-7-10(3)6-11(4)8-13/h6-9,12,14H,1-5H3. The minimum Gasteiger partial charge on any atom is -0.382 e. The molecular weight excluding hydrogens is 170 g/mol. The number of aryl methyl sites for hydroxylation is 2. The fraction of sp³-hybridized carbons (Fsp3) is 0.538. The summed E-state index contributed by atoms with van der Waals surface area (Å²) in [5.74, 6) is 0.663. The highest BCUT2D eigenvalue weighted by molar-refractivity contribution is 5.48. The number of rotatable bonds is 3. The van der Waals surface area contributed by atoms with E-state index in [-0.39, 0.29) is 0 Å². The van der Waals surface area contributed by atoms with Crippen LogP contribution >= 0.6 is 0 Å². The first-order chi connectivity index (χ1) is 6.49. The zero-order valence-corrected chi connectivity index (χ0v) is 9.89. The molecule has 1 aromatic carbocycles. The fourth-order valence-corrected chi connectivity index (χ4v) is 1.49. The Hall–Kier alpha value is -0.980. The lowest BCUT2D eigenvalue weighted by atomic mass is 10.1. The second-order valence-electron chi connectivity index (χ2n) is 4.55. The molecule has 0 radical (unpaired) electrons. The molecule has 0 heterocycles. The molecule has 14 heavy (non-hydrogen) atoms. The Kier molecular flexibility index (Phi) is 3.56. The number of hydrogen-bond donors (Lipinski definition) is 1. The molecule has 1 atom stereocenters. The highest BCUT2D eigenvalue weighted by Crippen LogP contribution is 2.16. The van der Waals surface area contributed by atoms with Crippen LogP contribution in [0.3, 0.4) is 0 Å². The maximum atomic E-state index is 3.52. The lowest BCUT2D eigenvalue weighted by molar-refractivity contribution is 0.560. The Balaban J connectivity index is 2.76. The lowest BCUT2D eigenvalue weighted by Gasteiger charge is -2.19. The van der Waals surface area contributed by atoms with Crippen LogP contribution in [-0.4, -0.2) is 6.04 Å². The van der Waals surface area contributed by atoms with Gasteiger partial charge in [-0.15, -0.1) is 0 Å². The van der Waals surface area contributed by atoms with Gasteiger partial charge in [0.2, 0.25) is 0 Å². The molecule has 0 amide bonds. The van der Waals surface area contributed by atoms with Crippen molar-refractivity contribution in [2.45, 2.75) is 40.7 Å². The van der Waals surface area contributed by atoms with Gasteiger partial charge in [0, 0.05) is 11.7 Å². The Labute approximate surface area is 87.5 Å². The van der Waals surface area contributed by atoms with Gasteiger partial charge in [0.15, 0.2) is 0 Å². The molecule has 0 aromatic heterocycles. The molecule has 1 heteroatoms. The Morgan fingerprint density at radius 1 is 0.929 bits per heavy atom. The summed E-state index contributed by atoms with van der Waals surface area (Å²) in [5, 5.41) is 3.52. The average molecular weight is 191 g/mol. The molecule has 78 valence electrons. The minimum atomic E-state index is 0.524. The van der Waals surface area contributed by atoms with E-state index < -0.39 is 0 Å². The van der Waals surface area contributed by atoms with Crippen molar-refractivity contribution < 1.29 is 0 Å². The van der Waals surface area contributed by atoms with Crippen molar-refractivity contribution in [3.63, 3.8) is 0 Å². The SMILES string of the molecule is Cc1cc(C)cc(NC(C)C(C)C)c1. The third-order valence-corrected chi connectivity index (χ3v) is 2.62. The summed E-state index contributed by atoms with van der Waals surface area (Å²) < 4.78 is 0. The predicted molar refractivity (Wildman–Crippen MR) is 63.8 cm³/mol. The number of hydrogen-bond acceptors (Lipinski definition) is 1. The van der Waals surface area contributed by atoms with Crippen LogP contribution in [0.15, 0.2) is 18.2 Å². The topological polar surface area (TPSA) is 12.0 Å². The third-order valence-electron chi connectivity index (χ3n) is 2.62. The first-order valence-electron chi connectivity index (χ1n) is 5.34. The summed E-state index contributed by atoms with van der Waals surface area (Å²) in [6.45, 7) is 11.0. The summed E-state index contributed by atoms with van der Waals surface area (Å²) in [7, 11) is 0. The molecule has 1 aromatic rings. The van der Waals surface area contributed by atoms with Crippen LogP contribution in [0.25, 0.3) is 0 Å². The first kappa shape index (κ1) is 11.1. The van der Waals surface area contributed by atoms with Gasteiger partial charge < -0.3 is 5.32 Å². The number of nitrogens with one attached hydrogen (secondary N) is 1. The van der Waals surface area contributed by atoms with E-state index in [0.29, 0.717) is 12.0 Å². The highest BCUT2D eigenvalue weighted by Gasteiger charge is 2.06. The van der Waals surface area contributed by atoms with Gasteiger partial charge >= 0.3 is 0 Å². The van der Waals surface area contributed by atoms with Crippen LogP contribution in [-0.2, 0) is 0 Å². The normalized spacial score (nSPS) is 13.0. The third kappa shape index (κ3) is 3.06. The van der Waals surface area contributed by atoms with E-state index >= 15 is 0 Å². The van der Waals surface area contributed by atoms with Crippen molar-refractivity contribution in [2.75, 3.05) is 5.32 Å². The predicted octanol–water partition coefficient (Wildman–Crippen LogP) is 3.76. The first-order valence-corrected chi connectivity index (χ1v) is 5.34. The van der Waals surface area contributed by atoms with Crippen LogP contribution in [0, 0.1) is 19.8 Å². The molecule has 0 fully saturated rings. The van der Waals surface area contributed by atoms with E-state index in [1.807, 2.05) is 0 Å². The summed E-state index contributed by atoms with van der Waals surface area (Å²) in [5.41, 5.74) is 3.88. The van der Waals surface area contributed by atoms with E-state index in [1.54, 1.807) is 0 Å². The Morgan fingerprint density at radius 2 is 1.43 bits per heavy atom. The Bertz CT molecular complexity index is 282. The average Bonchev–Trinajstić information content (AvgIpc) is 2.01. The quantitative estimate of drug-likeness (QED) is 0.767. The second-order valence-corrected chi connectivity index (χ2v) is 4.55. The molecule has 1 nitrogen and oxygen atoms in total. The van der Waals surface area contributed by atoms with Gasteiger partial charge in [-0.1, -0.05) is 19.9 Å². The van der Waals surface area contributed by atoms with E-state index in [0.717, 1.165) is 0 Å². The summed E-state index contributed by atoms with van der Waals surface area (Å²) >= 11 is 0. The molecule has 0 saturated carbocycles. The highest BCUT2D eigenvalue weighted by atomic mass is 14.9. The van der Waals surface area contributed by atoms with E-state index in [4.69, 9.17) is 0 Å². The van der Waals surface area contributed by atoms with Crippen LogP contribution < -0.4 is 5.32 Å². The second kappa shape index (κ2) is 4.50. The maximum absolute atomic E-state index is 3.52. The molecule has 0 saturated heterocycles. The monoisotopic (exact) mass is 191 g/mol. The van der Waals surface area contributed by atoms with Crippen LogP contribution in [0.5, 0.6) is 0 Å². The van der Waals surface area contributed by atoms with Crippen molar-refractivity contribution in [3.05, 3.63) is 29.3 Å². The summed E-state index contributed by atoms with van der Waals surface area (Å²) in [6, 6.07) is 7.12. The van der Waals surface area contributed by atoms with Crippen LogP contribution in [0.2, 0.25) is 0 Å². The summed E-state index contributed by atoms with van der Waals surface area (Å²) in [4.78, 5) is 0. The lowest BCUT2D eigenvalue weighted by Crippen LogP contribution is -2.21. The molecule has 1 unspecified atom stereocenters. The summed E-state index contributed by atoms with van der Waals surface area (Å²) in [6.07, 6.45) is 0. The Morgan fingerprint density at radius 3 is 1.86 bits per heavy atom. The van der Waals surface area contributed by atoms with Crippen LogP contribution in [0.4, 0.5) is 5.69 Å². The van der Waals surface area contributed by atoms with Crippen molar-refractivity contribution in [1.29, 1.82) is 0 Å². The molecule has 1 N–H and O–H groups in total. The van der Waals surface area contributed by atoms with Gasteiger partial charge in [-0.3, -0.25) is 0 Å². The van der Waals surface area contributed by atoms with Gasteiger partial charge in [-0.05, 0) is 49.9 Å². The zero-order chi connectivity index (χ0) is 10.7. The molecule has 1 rings (SSSR count). The van der Waals surface area contributed by atoms with Crippen molar-refractivity contribution in [1.82, 2.24) is 0 Å². The molecular formula is C13H21N. The smallest absolute Gasteiger partial charge is 0.0347 e. The van der Waals surface area contributed by atoms with Crippen molar-refractivity contribution in [3.8, 4) is 0 Å². The van der Waals surface area contributed by atoms with Crippen LogP contribution in [0.1, 0.15) is 31.9 Å². The van der Waals surface area contributed by atoms with Gasteiger partial charge in [-0.25, -0.2) is 0 Å². The largest absolute Gasteiger partial charge is 0.382 e. The van der Waals surface area contributed by atoms with Gasteiger partial charge in [-0.2, -0.15) is 0 Å². The van der Waals surface area contributed by atoms with Crippen molar-refractivity contribution >= 4 is 5.69 Å². The maximum Gasteiger partial charge on any atom is 0.0347 e. The van der Waals surface area contributed by atoms with Gasteiger partial charge in [0.25, 0.3) is 0 Å². The molecule has 0 aliphatic rings. The van der Waals surface area contributed by atoms with E-state index in [9.17, 15) is 0 Å². The molecule has 0 spiro atoms. The molecule has 0 bridgehead atoms. The number of anilines is 1.